The first-order valence-corrected chi connectivity index (χ1v) is 11.5. The van der Waals surface area contributed by atoms with Crippen LogP contribution in [0.15, 0.2) is 95.9 Å². The monoisotopic (exact) mass is 446 g/mol. The molecule has 0 fully saturated rings. The van der Waals surface area contributed by atoms with Crippen LogP contribution in [-0.2, 0) is 16.6 Å². The summed E-state index contributed by atoms with van der Waals surface area (Å²) in [5.41, 5.74) is 2.64. The van der Waals surface area contributed by atoms with Gasteiger partial charge in [0.1, 0.15) is 5.82 Å². The zero-order chi connectivity index (χ0) is 22.6. The molecule has 4 rings (SSSR count). The van der Waals surface area contributed by atoms with E-state index < -0.39 is 10.0 Å². The topological polar surface area (TPSA) is 93.1 Å². The second-order valence-corrected chi connectivity index (χ2v) is 8.95. The summed E-state index contributed by atoms with van der Waals surface area (Å²) in [4.78, 5) is 12.9. The molecule has 1 amide bonds. The number of benzene rings is 3. The smallest absolute Gasteiger partial charge is 0.261 e. The average molecular weight is 447 g/mol. The van der Waals surface area contributed by atoms with E-state index in [1.54, 1.807) is 47.1 Å². The molecular formula is C24H22N4O3S. The minimum absolute atomic E-state index is 0.170. The summed E-state index contributed by atoms with van der Waals surface area (Å²) in [5, 5.41) is 7.35. The van der Waals surface area contributed by atoms with Gasteiger partial charge in [0, 0.05) is 17.3 Å². The van der Waals surface area contributed by atoms with Gasteiger partial charge in [0.05, 0.1) is 17.1 Å². The molecule has 32 heavy (non-hydrogen) atoms. The second kappa shape index (κ2) is 9.07. The van der Waals surface area contributed by atoms with Crippen molar-refractivity contribution < 1.29 is 13.2 Å². The SMILES string of the molecule is Cc1cc(NC(=O)c2ccc(NS(=O)(=O)c3ccccc3)cc2)n(Cc2ccccc2)n1. The Balaban J connectivity index is 1.46. The number of anilines is 2. The lowest BCUT2D eigenvalue weighted by molar-refractivity contribution is 0.102. The highest BCUT2D eigenvalue weighted by Gasteiger charge is 2.15. The zero-order valence-electron chi connectivity index (χ0n) is 17.4. The molecule has 0 aliphatic carbocycles. The summed E-state index contributed by atoms with van der Waals surface area (Å²) in [6, 6.07) is 26.0. The molecule has 162 valence electrons. The van der Waals surface area contributed by atoms with E-state index in [2.05, 4.69) is 15.1 Å². The van der Waals surface area contributed by atoms with Crippen molar-refractivity contribution in [3.63, 3.8) is 0 Å². The lowest BCUT2D eigenvalue weighted by Gasteiger charge is -2.10. The molecule has 0 saturated carbocycles. The molecule has 0 saturated heterocycles. The van der Waals surface area contributed by atoms with Gasteiger partial charge in [0.2, 0.25) is 0 Å². The van der Waals surface area contributed by atoms with Crippen molar-refractivity contribution in [1.82, 2.24) is 9.78 Å². The molecule has 3 aromatic carbocycles. The summed E-state index contributed by atoms with van der Waals surface area (Å²) in [6.07, 6.45) is 0. The molecule has 1 heterocycles. The lowest BCUT2D eigenvalue weighted by atomic mass is 10.2. The Morgan fingerprint density at radius 2 is 1.53 bits per heavy atom. The lowest BCUT2D eigenvalue weighted by Crippen LogP contribution is -2.16. The van der Waals surface area contributed by atoms with Gasteiger partial charge < -0.3 is 5.32 Å². The molecule has 7 nitrogen and oxygen atoms in total. The van der Waals surface area contributed by atoms with Gasteiger partial charge in [-0.1, -0.05) is 48.5 Å². The number of nitrogens with zero attached hydrogens (tertiary/aromatic N) is 2. The summed E-state index contributed by atoms with van der Waals surface area (Å²) < 4.78 is 29.2. The highest BCUT2D eigenvalue weighted by Crippen LogP contribution is 2.18. The van der Waals surface area contributed by atoms with E-state index in [1.807, 2.05) is 43.3 Å². The number of carbonyl (C=O) groups is 1. The third kappa shape index (κ3) is 5.04. The van der Waals surface area contributed by atoms with Gasteiger partial charge in [-0.3, -0.25) is 9.52 Å². The number of aryl methyl sites for hydroxylation is 1. The fraction of sp³-hybridized carbons (Fsp3) is 0.0833. The molecule has 8 heteroatoms. The first-order chi connectivity index (χ1) is 15.4. The van der Waals surface area contributed by atoms with Crippen LogP contribution in [0.3, 0.4) is 0 Å². The van der Waals surface area contributed by atoms with Gasteiger partial charge in [-0.15, -0.1) is 0 Å². The molecule has 0 atom stereocenters. The molecule has 0 radical (unpaired) electrons. The van der Waals surface area contributed by atoms with E-state index in [0.29, 0.717) is 23.6 Å². The largest absolute Gasteiger partial charge is 0.307 e. The van der Waals surface area contributed by atoms with Crippen molar-refractivity contribution in [3.05, 3.63) is 108 Å². The van der Waals surface area contributed by atoms with Crippen LogP contribution in [0.5, 0.6) is 0 Å². The summed E-state index contributed by atoms with van der Waals surface area (Å²) in [7, 11) is -3.69. The number of amides is 1. The Morgan fingerprint density at radius 3 is 2.19 bits per heavy atom. The maximum absolute atomic E-state index is 12.8. The van der Waals surface area contributed by atoms with E-state index >= 15 is 0 Å². The van der Waals surface area contributed by atoms with Crippen molar-refractivity contribution in [1.29, 1.82) is 0 Å². The number of rotatable bonds is 7. The maximum Gasteiger partial charge on any atom is 0.261 e. The molecular weight excluding hydrogens is 424 g/mol. The zero-order valence-corrected chi connectivity index (χ0v) is 18.2. The van der Waals surface area contributed by atoms with E-state index in [9.17, 15) is 13.2 Å². The van der Waals surface area contributed by atoms with Crippen molar-refractivity contribution in [2.24, 2.45) is 0 Å². The Labute approximate surface area is 186 Å². The van der Waals surface area contributed by atoms with Gasteiger partial charge in [0.25, 0.3) is 15.9 Å². The van der Waals surface area contributed by atoms with Crippen molar-refractivity contribution in [2.75, 3.05) is 10.0 Å². The highest BCUT2D eigenvalue weighted by molar-refractivity contribution is 7.92. The number of aromatic nitrogens is 2. The normalized spacial score (nSPS) is 11.2. The number of nitrogens with one attached hydrogen (secondary N) is 2. The van der Waals surface area contributed by atoms with E-state index in [0.717, 1.165) is 11.3 Å². The van der Waals surface area contributed by atoms with Gasteiger partial charge in [-0.2, -0.15) is 5.10 Å². The van der Waals surface area contributed by atoms with E-state index in [-0.39, 0.29) is 10.8 Å². The molecule has 0 aliphatic rings. The van der Waals surface area contributed by atoms with Gasteiger partial charge in [-0.05, 0) is 48.9 Å². The van der Waals surface area contributed by atoms with Gasteiger partial charge in [0.15, 0.2) is 0 Å². The quantitative estimate of drug-likeness (QED) is 0.443. The molecule has 1 aromatic heterocycles. The predicted molar refractivity (Wildman–Crippen MR) is 124 cm³/mol. The van der Waals surface area contributed by atoms with Gasteiger partial charge >= 0.3 is 0 Å². The predicted octanol–water partition coefficient (Wildman–Crippen LogP) is 4.29. The van der Waals surface area contributed by atoms with Crippen molar-refractivity contribution in [3.8, 4) is 0 Å². The maximum atomic E-state index is 12.8. The fourth-order valence-corrected chi connectivity index (χ4v) is 4.29. The molecule has 4 aromatic rings. The van der Waals surface area contributed by atoms with Crippen molar-refractivity contribution >= 4 is 27.4 Å². The molecule has 2 N–H and O–H groups in total. The van der Waals surface area contributed by atoms with Gasteiger partial charge in [-0.25, -0.2) is 13.1 Å². The molecule has 0 bridgehead atoms. The van der Waals surface area contributed by atoms with Crippen LogP contribution in [0.2, 0.25) is 0 Å². The molecule has 0 aliphatic heterocycles. The van der Waals surface area contributed by atoms with E-state index in [1.165, 1.54) is 12.1 Å². The number of sulfonamides is 1. The van der Waals surface area contributed by atoms with Crippen LogP contribution >= 0.6 is 0 Å². The summed E-state index contributed by atoms with van der Waals surface area (Å²) in [6.45, 7) is 2.40. The van der Waals surface area contributed by atoms with Crippen molar-refractivity contribution in [2.45, 2.75) is 18.4 Å². The Bertz CT molecular complexity index is 1320. The molecule has 0 spiro atoms. The van der Waals surface area contributed by atoms with Crippen LogP contribution < -0.4 is 10.0 Å². The van der Waals surface area contributed by atoms with Crippen LogP contribution in [0.1, 0.15) is 21.6 Å². The van der Waals surface area contributed by atoms with Crippen LogP contribution in [0.25, 0.3) is 0 Å². The Hall–Kier alpha value is -3.91. The number of hydrogen-bond donors (Lipinski definition) is 2. The third-order valence-electron chi connectivity index (χ3n) is 4.77. The highest BCUT2D eigenvalue weighted by atomic mass is 32.2. The molecule has 0 unspecified atom stereocenters. The first kappa shape index (κ1) is 21.3. The van der Waals surface area contributed by atoms with Crippen LogP contribution in [-0.4, -0.2) is 24.1 Å². The fourth-order valence-electron chi connectivity index (χ4n) is 3.21. The minimum atomic E-state index is -3.69. The number of hydrogen-bond acceptors (Lipinski definition) is 4. The Morgan fingerprint density at radius 1 is 0.906 bits per heavy atom. The third-order valence-corrected chi connectivity index (χ3v) is 6.17. The van der Waals surface area contributed by atoms with Crippen LogP contribution in [0.4, 0.5) is 11.5 Å². The number of carbonyl (C=O) groups excluding carboxylic acids is 1. The summed E-state index contributed by atoms with van der Waals surface area (Å²) >= 11 is 0. The summed E-state index contributed by atoms with van der Waals surface area (Å²) in [5.74, 6) is 0.280. The van der Waals surface area contributed by atoms with E-state index in [4.69, 9.17) is 0 Å². The first-order valence-electron chi connectivity index (χ1n) is 9.98. The van der Waals surface area contributed by atoms with Crippen LogP contribution in [0, 0.1) is 6.92 Å². The minimum Gasteiger partial charge on any atom is -0.307 e. The standard InChI is InChI=1S/C24H22N4O3S/c1-18-16-23(28(26-18)17-19-8-4-2-5-9-19)25-24(29)20-12-14-21(15-13-20)27-32(30,31)22-10-6-3-7-11-22/h2-16,27H,17H2,1H3,(H,25,29). The second-order valence-electron chi connectivity index (χ2n) is 7.26. The Kier molecular flexibility index (Phi) is 6.04. The average Bonchev–Trinajstić information content (AvgIpc) is 3.13.